The van der Waals surface area contributed by atoms with Gasteiger partial charge < -0.3 is 10.1 Å². The number of hydrogen-bond donors (Lipinski definition) is 1. The monoisotopic (exact) mass is 229 g/mol. The lowest BCUT2D eigenvalue weighted by Crippen LogP contribution is -2.26. The van der Waals surface area contributed by atoms with E-state index in [-0.39, 0.29) is 5.91 Å². The number of ether oxygens (including phenoxy) is 1. The molecule has 0 aliphatic rings. The molecule has 0 spiro atoms. The Morgan fingerprint density at radius 1 is 1.06 bits per heavy atom. The average molecular weight is 229 g/mol. The number of rotatable bonds is 11. The molecule has 0 atom stereocenters. The molecule has 0 unspecified atom stereocenters. The molecule has 1 N–H and O–H groups in total. The Hall–Kier alpha value is -0.570. The number of carbonyl (C=O) groups excluding carboxylic acids is 1. The number of hydrogen-bond acceptors (Lipinski definition) is 2. The van der Waals surface area contributed by atoms with Crippen molar-refractivity contribution in [2.75, 3.05) is 20.3 Å². The number of unbranched alkanes of at least 4 members (excludes halogenated alkanes) is 6. The molecule has 1 amide bonds. The van der Waals surface area contributed by atoms with E-state index in [1.54, 1.807) is 7.11 Å². The van der Waals surface area contributed by atoms with Gasteiger partial charge in [0.2, 0.25) is 5.91 Å². The van der Waals surface area contributed by atoms with Crippen LogP contribution in [0.25, 0.3) is 0 Å². The zero-order chi connectivity index (χ0) is 12.1. The second-order valence-corrected chi connectivity index (χ2v) is 4.21. The molecule has 16 heavy (non-hydrogen) atoms. The summed E-state index contributed by atoms with van der Waals surface area (Å²) in [5.74, 6) is 0.158. The van der Waals surface area contributed by atoms with E-state index in [9.17, 15) is 4.79 Å². The molecule has 0 bridgehead atoms. The Labute approximate surface area is 99.9 Å². The van der Waals surface area contributed by atoms with Crippen LogP contribution in [0.2, 0.25) is 0 Å². The van der Waals surface area contributed by atoms with Gasteiger partial charge in [0.1, 0.15) is 0 Å². The van der Waals surface area contributed by atoms with Crippen LogP contribution >= 0.6 is 0 Å². The molecule has 0 aromatic carbocycles. The van der Waals surface area contributed by atoms with Gasteiger partial charge in [-0.05, 0) is 6.42 Å². The molecule has 3 heteroatoms. The van der Waals surface area contributed by atoms with Crippen LogP contribution < -0.4 is 5.32 Å². The molecular formula is C13H27NO2. The molecule has 0 radical (unpaired) electrons. The highest BCUT2D eigenvalue weighted by Gasteiger charge is 1.99. The second-order valence-electron chi connectivity index (χ2n) is 4.21. The van der Waals surface area contributed by atoms with Crippen molar-refractivity contribution in [3.8, 4) is 0 Å². The third-order valence-electron chi connectivity index (χ3n) is 2.64. The standard InChI is InChI=1S/C13H27NO2/c1-3-4-5-6-7-8-9-10-13(15)14-11-12-16-2/h3-12H2,1-2H3,(H,14,15). The fraction of sp³-hybridized carbons (Fsp3) is 0.923. The average Bonchev–Trinajstić information content (AvgIpc) is 2.28. The van der Waals surface area contributed by atoms with Crippen molar-refractivity contribution in [3.63, 3.8) is 0 Å². The van der Waals surface area contributed by atoms with E-state index in [1.807, 2.05) is 0 Å². The van der Waals surface area contributed by atoms with Gasteiger partial charge in [-0.1, -0.05) is 45.4 Å². The molecule has 96 valence electrons. The first-order valence-electron chi connectivity index (χ1n) is 6.57. The molecule has 0 aliphatic carbocycles. The maximum Gasteiger partial charge on any atom is 0.220 e. The van der Waals surface area contributed by atoms with Gasteiger partial charge in [0.15, 0.2) is 0 Å². The van der Waals surface area contributed by atoms with E-state index < -0.39 is 0 Å². The minimum atomic E-state index is 0.158. The van der Waals surface area contributed by atoms with Gasteiger partial charge in [0.05, 0.1) is 6.61 Å². The molecule has 0 aromatic rings. The number of methoxy groups -OCH3 is 1. The minimum absolute atomic E-state index is 0.158. The van der Waals surface area contributed by atoms with E-state index in [1.165, 1.54) is 38.5 Å². The first-order chi connectivity index (χ1) is 7.81. The van der Waals surface area contributed by atoms with E-state index in [0.29, 0.717) is 19.6 Å². The van der Waals surface area contributed by atoms with Crippen molar-refractivity contribution in [2.45, 2.75) is 58.3 Å². The summed E-state index contributed by atoms with van der Waals surface area (Å²) in [5.41, 5.74) is 0. The molecule has 3 nitrogen and oxygen atoms in total. The molecule has 0 saturated heterocycles. The fourth-order valence-electron chi connectivity index (χ4n) is 1.62. The molecule has 0 fully saturated rings. The van der Waals surface area contributed by atoms with Crippen molar-refractivity contribution in [2.24, 2.45) is 0 Å². The zero-order valence-electron chi connectivity index (χ0n) is 10.9. The molecule has 0 aromatic heterocycles. The highest BCUT2D eigenvalue weighted by molar-refractivity contribution is 5.75. The van der Waals surface area contributed by atoms with E-state index in [4.69, 9.17) is 4.74 Å². The summed E-state index contributed by atoms with van der Waals surface area (Å²) in [7, 11) is 1.64. The van der Waals surface area contributed by atoms with E-state index in [0.717, 1.165) is 6.42 Å². The quantitative estimate of drug-likeness (QED) is 0.553. The van der Waals surface area contributed by atoms with Crippen LogP contribution in [0.4, 0.5) is 0 Å². The molecule has 0 aliphatic heterocycles. The molecule has 0 rings (SSSR count). The van der Waals surface area contributed by atoms with Crippen LogP contribution in [0.15, 0.2) is 0 Å². The van der Waals surface area contributed by atoms with Crippen LogP contribution in [0.1, 0.15) is 58.3 Å². The third kappa shape index (κ3) is 11.5. The van der Waals surface area contributed by atoms with Crippen molar-refractivity contribution >= 4 is 5.91 Å². The van der Waals surface area contributed by atoms with Gasteiger partial charge in [-0.15, -0.1) is 0 Å². The van der Waals surface area contributed by atoms with Crippen LogP contribution in [0.3, 0.4) is 0 Å². The zero-order valence-corrected chi connectivity index (χ0v) is 10.9. The summed E-state index contributed by atoms with van der Waals surface area (Å²) in [5, 5.41) is 2.83. The summed E-state index contributed by atoms with van der Waals surface area (Å²) in [4.78, 5) is 11.3. The van der Waals surface area contributed by atoms with Gasteiger partial charge in [-0.2, -0.15) is 0 Å². The Morgan fingerprint density at radius 3 is 2.31 bits per heavy atom. The second kappa shape index (κ2) is 12.5. The van der Waals surface area contributed by atoms with Gasteiger partial charge in [0, 0.05) is 20.1 Å². The summed E-state index contributed by atoms with van der Waals surface area (Å²) >= 11 is 0. The lowest BCUT2D eigenvalue weighted by Gasteiger charge is -2.04. The maximum atomic E-state index is 11.3. The molecule has 0 saturated carbocycles. The number of carbonyl (C=O) groups is 1. The van der Waals surface area contributed by atoms with Gasteiger partial charge in [0.25, 0.3) is 0 Å². The normalized spacial score (nSPS) is 10.4. The lowest BCUT2D eigenvalue weighted by atomic mass is 10.1. The summed E-state index contributed by atoms with van der Waals surface area (Å²) in [6.07, 6.45) is 9.43. The topological polar surface area (TPSA) is 38.3 Å². The first kappa shape index (κ1) is 15.4. The lowest BCUT2D eigenvalue weighted by molar-refractivity contribution is -0.121. The Morgan fingerprint density at radius 2 is 1.69 bits per heavy atom. The third-order valence-corrected chi connectivity index (χ3v) is 2.64. The summed E-state index contributed by atoms with van der Waals surface area (Å²) in [6, 6.07) is 0. The highest BCUT2D eigenvalue weighted by Crippen LogP contribution is 2.08. The van der Waals surface area contributed by atoms with Crippen molar-refractivity contribution < 1.29 is 9.53 Å². The number of amides is 1. The van der Waals surface area contributed by atoms with Crippen LogP contribution in [-0.2, 0) is 9.53 Å². The predicted molar refractivity (Wildman–Crippen MR) is 67.5 cm³/mol. The molecular weight excluding hydrogens is 202 g/mol. The van der Waals surface area contributed by atoms with Crippen LogP contribution in [-0.4, -0.2) is 26.2 Å². The van der Waals surface area contributed by atoms with Crippen molar-refractivity contribution in [1.82, 2.24) is 5.32 Å². The first-order valence-corrected chi connectivity index (χ1v) is 6.57. The van der Waals surface area contributed by atoms with Crippen molar-refractivity contribution in [1.29, 1.82) is 0 Å². The summed E-state index contributed by atoms with van der Waals surface area (Å²) in [6.45, 7) is 3.46. The predicted octanol–water partition coefficient (Wildman–Crippen LogP) is 2.89. The van der Waals surface area contributed by atoms with E-state index in [2.05, 4.69) is 12.2 Å². The largest absolute Gasteiger partial charge is 0.383 e. The fourth-order valence-corrected chi connectivity index (χ4v) is 1.62. The smallest absolute Gasteiger partial charge is 0.220 e. The highest BCUT2D eigenvalue weighted by atomic mass is 16.5. The molecule has 0 heterocycles. The Bertz CT molecular complexity index is 160. The van der Waals surface area contributed by atoms with Crippen LogP contribution in [0.5, 0.6) is 0 Å². The number of nitrogens with one attached hydrogen (secondary N) is 1. The Kier molecular flexibility index (Phi) is 12.1. The van der Waals surface area contributed by atoms with Crippen LogP contribution in [0, 0.1) is 0 Å². The van der Waals surface area contributed by atoms with Gasteiger partial charge in [-0.3, -0.25) is 4.79 Å². The maximum absolute atomic E-state index is 11.3. The summed E-state index contributed by atoms with van der Waals surface area (Å²) < 4.78 is 4.86. The Balaban J connectivity index is 3.09. The minimum Gasteiger partial charge on any atom is -0.383 e. The van der Waals surface area contributed by atoms with E-state index >= 15 is 0 Å². The van der Waals surface area contributed by atoms with Gasteiger partial charge >= 0.3 is 0 Å². The van der Waals surface area contributed by atoms with Crippen molar-refractivity contribution in [3.05, 3.63) is 0 Å². The SMILES string of the molecule is CCCCCCCCCC(=O)NCCOC. The van der Waals surface area contributed by atoms with Gasteiger partial charge in [-0.25, -0.2) is 0 Å².